The van der Waals surface area contributed by atoms with Crippen molar-refractivity contribution < 1.29 is 5.11 Å². The molecule has 0 bridgehead atoms. The highest BCUT2D eigenvalue weighted by Crippen LogP contribution is 2.64. The summed E-state index contributed by atoms with van der Waals surface area (Å²) in [6, 6.07) is 0. The van der Waals surface area contributed by atoms with Crippen molar-refractivity contribution in [3.63, 3.8) is 0 Å². The molecule has 2 fully saturated rings. The lowest BCUT2D eigenvalue weighted by Crippen LogP contribution is -2.17. The van der Waals surface area contributed by atoms with Crippen LogP contribution < -0.4 is 0 Å². The Morgan fingerprint density at radius 1 is 1.40 bits per heavy atom. The van der Waals surface area contributed by atoms with Crippen molar-refractivity contribution >= 4 is 0 Å². The van der Waals surface area contributed by atoms with Crippen LogP contribution in [0, 0.1) is 17.3 Å². The fraction of sp³-hybridized carbons (Fsp3) is 1.00. The second-order valence-electron chi connectivity index (χ2n) is 4.09. The highest BCUT2D eigenvalue weighted by Gasteiger charge is 2.55. The topological polar surface area (TPSA) is 20.2 Å². The molecule has 2 unspecified atom stereocenters. The van der Waals surface area contributed by atoms with Crippen molar-refractivity contribution in [2.45, 2.75) is 32.6 Å². The predicted molar refractivity (Wildman–Crippen MR) is 40.6 cm³/mol. The van der Waals surface area contributed by atoms with E-state index >= 15 is 0 Å². The van der Waals surface area contributed by atoms with Crippen LogP contribution >= 0.6 is 0 Å². The Morgan fingerprint density at radius 2 is 2.10 bits per heavy atom. The Labute approximate surface area is 62.4 Å². The molecule has 0 saturated heterocycles. The lowest BCUT2D eigenvalue weighted by atomic mass is 9.87. The molecule has 0 aliphatic heterocycles. The minimum Gasteiger partial charge on any atom is -0.396 e. The molecule has 2 aliphatic carbocycles. The molecule has 0 aromatic heterocycles. The molecule has 1 nitrogen and oxygen atoms in total. The Bertz CT molecular complexity index is 138. The van der Waals surface area contributed by atoms with Crippen LogP contribution in [-0.2, 0) is 0 Å². The van der Waals surface area contributed by atoms with Gasteiger partial charge in [0.25, 0.3) is 0 Å². The van der Waals surface area contributed by atoms with Crippen molar-refractivity contribution in [1.82, 2.24) is 0 Å². The molecule has 1 heteroatoms. The van der Waals surface area contributed by atoms with Crippen LogP contribution in [0.4, 0.5) is 0 Å². The van der Waals surface area contributed by atoms with Gasteiger partial charge in [0.15, 0.2) is 0 Å². The van der Waals surface area contributed by atoms with Crippen molar-refractivity contribution in [3.05, 3.63) is 0 Å². The quantitative estimate of drug-likeness (QED) is 0.589. The van der Waals surface area contributed by atoms with Gasteiger partial charge in [-0.15, -0.1) is 0 Å². The molecule has 2 saturated carbocycles. The van der Waals surface area contributed by atoms with Crippen molar-refractivity contribution in [2.75, 3.05) is 6.61 Å². The van der Waals surface area contributed by atoms with Crippen LogP contribution in [0.5, 0.6) is 0 Å². The molecule has 0 aromatic rings. The summed E-state index contributed by atoms with van der Waals surface area (Å²) in [7, 11) is 0. The summed E-state index contributed by atoms with van der Waals surface area (Å²) in [5.74, 6) is 1.55. The fourth-order valence-electron chi connectivity index (χ4n) is 2.75. The molecular weight excluding hydrogens is 124 g/mol. The average molecular weight is 140 g/mol. The molecule has 58 valence electrons. The van der Waals surface area contributed by atoms with Crippen LogP contribution in [0.3, 0.4) is 0 Å². The number of hydrogen-bond acceptors (Lipinski definition) is 1. The van der Waals surface area contributed by atoms with E-state index in [2.05, 4.69) is 6.92 Å². The standard InChI is InChI=1S/C9H16O/c1-7-2-3-8(6-10)9(7)4-5-9/h7-8,10H,2-6H2,1H3. The maximum Gasteiger partial charge on any atom is 0.0464 e. The first kappa shape index (κ1) is 6.66. The van der Waals surface area contributed by atoms with Gasteiger partial charge >= 0.3 is 0 Å². The molecule has 1 N–H and O–H groups in total. The fourth-order valence-corrected chi connectivity index (χ4v) is 2.75. The maximum absolute atomic E-state index is 9.06. The van der Waals surface area contributed by atoms with E-state index in [0.29, 0.717) is 17.9 Å². The first-order chi connectivity index (χ1) is 4.79. The molecule has 2 rings (SSSR count). The summed E-state index contributed by atoms with van der Waals surface area (Å²) in [4.78, 5) is 0. The van der Waals surface area contributed by atoms with E-state index in [1.807, 2.05) is 0 Å². The molecule has 0 radical (unpaired) electrons. The lowest BCUT2D eigenvalue weighted by molar-refractivity contribution is 0.169. The van der Waals surface area contributed by atoms with Crippen LogP contribution in [0.1, 0.15) is 32.6 Å². The zero-order valence-corrected chi connectivity index (χ0v) is 6.64. The second kappa shape index (κ2) is 1.97. The summed E-state index contributed by atoms with van der Waals surface area (Å²) in [5.41, 5.74) is 0.620. The molecule has 0 aromatic carbocycles. The lowest BCUT2D eigenvalue weighted by Gasteiger charge is -2.19. The Hall–Kier alpha value is -0.0400. The van der Waals surface area contributed by atoms with Gasteiger partial charge in [0.2, 0.25) is 0 Å². The first-order valence-electron chi connectivity index (χ1n) is 4.40. The summed E-state index contributed by atoms with van der Waals surface area (Å²) in [6.07, 6.45) is 5.40. The monoisotopic (exact) mass is 140 g/mol. The summed E-state index contributed by atoms with van der Waals surface area (Å²) in [6.45, 7) is 2.78. The number of aliphatic hydroxyl groups is 1. The van der Waals surface area contributed by atoms with Gasteiger partial charge in [-0.2, -0.15) is 0 Å². The molecule has 1 spiro atoms. The number of aliphatic hydroxyl groups excluding tert-OH is 1. The second-order valence-corrected chi connectivity index (χ2v) is 4.09. The van der Waals surface area contributed by atoms with Gasteiger partial charge in [0, 0.05) is 6.61 Å². The van der Waals surface area contributed by atoms with E-state index in [1.165, 1.54) is 25.7 Å². The molecule has 0 amide bonds. The third-order valence-electron chi connectivity index (χ3n) is 3.79. The van der Waals surface area contributed by atoms with Gasteiger partial charge in [0.05, 0.1) is 0 Å². The van der Waals surface area contributed by atoms with Gasteiger partial charge in [-0.3, -0.25) is 0 Å². The molecule has 10 heavy (non-hydrogen) atoms. The van der Waals surface area contributed by atoms with E-state index in [-0.39, 0.29) is 0 Å². The average Bonchev–Trinajstić information content (AvgIpc) is 2.63. The summed E-state index contributed by atoms with van der Waals surface area (Å²) < 4.78 is 0. The van der Waals surface area contributed by atoms with Crippen LogP contribution in [0.2, 0.25) is 0 Å². The minimum atomic E-state index is 0.435. The van der Waals surface area contributed by atoms with E-state index in [4.69, 9.17) is 5.11 Å². The van der Waals surface area contributed by atoms with Crippen molar-refractivity contribution in [2.24, 2.45) is 17.3 Å². The maximum atomic E-state index is 9.06. The SMILES string of the molecule is CC1CCC(CO)C12CC2. The van der Waals surface area contributed by atoms with E-state index in [1.54, 1.807) is 0 Å². The van der Waals surface area contributed by atoms with Gasteiger partial charge in [-0.25, -0.2) is 0 Å². The Kier molecular flexibility index (Phi) is 1.31. The number of rotatable bonds is 1. The van der Waals surface area contributed by atoms with Gasteiger partial charge in [-0.05, 0) is 42.9 Å². The zero-order chi connectivity index (χ0) is 7.19. The molecule has 0 heterocycles. The minimum absolute atomic E-state index is 0.435. The highest BCUT2D eigenvalue weighted by molar-refractivity contribution is 5.05. The van der Waals surface area contributed by atoms with Crippen LogP contribution in [0.15, 0.2) is 0 Å². The number of hydrogen-bond donors (Lipinski definition) is 1. The van der Waals surface area contributed by atoms with Gasteiger partial charge in [-0.1, -0.05) is 6.92 Å². The Balaban J connectivity index is 2.11. The molecular formula is C9H16O. The largest absolute Gasteiger partial charge is 0.396 e. The smallest absolute Gasteiger partial charge is 0.0464 e. The normalized spacial score (nSPS) is 42.6. The first-order valence-corrected chi connectivity index (χ1v) is 4.40. The summed E-state index contributed by atoms with van der Waals surface area (Å²) >= 11 is 0. The molecule has 2 atom stereocenters. The Morgan fingerprint density at radius 3 is 2.50 bits per heavy atom. The van der Waals surface area contributed by atoms with Crippen LogP contribution in [-0.4, -0.2) is 11.7 Å². The van der Waals surface area contributed by atoms with Crippen molar-refractivity contribution in [3.8, 4) is 0 Å². The van der Waals surface area contributed by atoms with E-state index in [0.717, 1.165) is 5.92 Å². The van der Waals surface area contributed by atoms with Crippen molar-refractivity contribution in [1.29, 1.82) is 0 Å². The molecule has 2 aliphatic rings. The van der Waals surface area contributed by atoms with Crippen LogP contribution in [0.25, 0.3) is 0 Å². The third kappa shape index (κ3) is 0.672. The summed E-state index contributed by atoms with van der Waals surface area (Å²) in [5, 5.41) is 9.06. The predicted octanol–water partition coefficient (Wildman–Crippen LogP) is 1.80. The highest BCUT2D eigenvalue weighted by atomic mass is 16.3. The third-order valence-corrected chi connectivity index (χ3v) is 3.79. The van der Waals surface area contributed by atoms with E-state index in [9.17, 15) is 0 Å². The van der Waals surface area contributed by atoms with Gasteiger partial charge in [0.1, 0.15) is 0 Å². The van der Waals surface area contributed by atoms with E-state index < -0.39 is 0 Å². The zero-order valence-electron chi connectivity index (χ0n) is 6.64. The van der Waals surface area contributed by atoms with Gasteiger partial charge < -0.3 is 5.11 Å².